The maximum absolute atomic E-state index is 13.6. The summed E-state index contributed by atoms with van der Waals surface area (Å²) in [5.74, 6) is 0.296. The summed E-state index contributed by atoms with van der Waals surface area (Å²) in [4.78, 5) is 10.1. The second kappa shape index (κ2) is 7.05. The lowest BCUT2D eigenvalue weighted by atomic mass is 10.2. The first kappa shape index (κ1) is 14.6. The molecule has 1 aromatic carbocycles. The third-order valence-electron chi connectivity index (χ3n) is 2.30. The number of benzene rings is 1. The summed E-state index contributed by atoms with van der Waals surface area (Å²) >= 11 is 1.69. The van der Waals surface area contributed by atoms with Gasteiger partial charge in [0.05, 0.1) is 12.0 Å². The van der Waals surface area contributed by atoms with Crippen LogP contribution in [-0.4, -0.2) is 30.6 Å². The molecule has 1 aromatic rings. The van der Waals surface area contributed by atoms with Crippen LogP contribution in [0.3, 0.4) is 0 Å². The molecule has 0 aromatic heterocycles. The van der Waals surface area contributed by atoms with Crippen LogP contribution in [-0.2, 0) is 0 Å². The molecule has 0 unspecified atom stereocenters. The molecule has 1 N–H and O–H groups in total. The minimum absolute atomic E-state index is 0.151. The first-order chi connectivity index (χ1) is 8.60. The Balaban J connectivity index is 2.91. The summed E-state index contributed by atoms with van der Waals surface area (Å²) in [6, 6.07) is 2.44. The second-order valence-electron chi connectivity index (χ2n) is 3.54. The van der Waals surface area contributed by atoms with Crippen LogP contribution in [0.1, 0.15) is 6.42 Å². The summed E-state index contributed by atoms with van der Waals surface area (Å²) < 4.78 is 18.4. The molecule has 0 bridgehead atoms. The molecular weight excluding hydrogens is 259 g/mol. The van der Waals surface area contributed by atoms with Crippen molar-refractivity contribution < 1.29 is 14.1 Å². The van der Waals surface area contributed by atoms with Crippen molar-refractivity contribution in [3.63, 3.8) is 0 Å². The van der Waals surface area contributed by atoms with Gasteiger partial charge in [-0.05, 0) is 18.4 Å². The van der Waals surface area contributed by atoms with Gasteiger partial charge in [-0.1, -0.05) is 0 Å². The van der Waals surface area contributed by atoms with Gasteiger partial charge in [0.1, 0.15) is 11.4 Å². The molecular formula is C11H15FN2O3S. The Labute approximate surface area is 109 Å². The fourth-order valence-electron chi connectivity index (χ4n) is 1.45. The average Bonchev–Trinajstić information content (AvgIpc) is 2.33. The molecule has 1 rings (SSSR count). The van der Waals surface area contributed by atoms with Crippen LogP contribution in [0.25, 0.3) is 0 Å². The normalized spacial score (nSPS) is 10.2. The van der Waals surface area contributed by atoms with Crippen LogP contribution in [0, 0.1) is 15.9 Å². The van der Waals surface area contributed by atoms with Gasteiger partial charge in [0.2, 0.25) is 5.82 Å². The molecule has 7 heteroatoms. The molecule has 5 nitrogen and oxygen atoms in total. The quantitative estimate of drug-likeness (QED) is 0.470. The van der Waals surface area contributed by atoms with Crippen LogP contribution >= 0.6 is 11.8 Å². The monoisotopic (exact) mass is 274 g/mol. The molecule has 0 saturated carbocycles. The van der Waals surface area contributed by atoms with Gasteiger partial charge in [-0.15, -0.1) is 0 Å². The van der Waals surface area contributed by atoms with Crippen molar-refractivity contribution in [2.75, 3.05) is 31.0 Å². The predicted octanol–water partition coefficient (Wildman–Crippen LogP) is 2.91. The molecule has 0 aliphatic heterocycles. The van der Waals surface area contributed by atoms with Gasteiger partial charge in [0.25, 0.3) is 0 Å². The van der Waals surface area contributed by atoms with Gasteiger partial charge in [0.15, 0.2) is 0 Å². The number of nitro groups is 1. The van der Waals surface area contributed by atoms with Gasteiger partial charge in [0, 0.05) is 18.7 Å². The molecule has 100 valence electrons. The zero-order valence-electron chi connectivity index (χ0n) is 10.2. The number of halogens is 1. The first-order valence-corrected chi connectivity index (χ1v) is 6.74. The Hall–Kier alpha value is -1.50. The Morgan fingerprint density at radius 1 is 1.56 bits per heavy atom. The molecule has 0 amide bonds. The van der Waals surface area contributed by atoms with Crippen LogP contribution in [0.4, 0.5) is 15.8 Å². The van der Waals surface area contributed by atoms with E-state index in [9.17, 15) is 14.5 Å². The van der Waals surface area contributed by atoms with E-state index < -0.39 is 16.4 Å². The van der Waals surface area contributed by atoms with Crippen molar-refractivity contribution >= 4 is 23.1 Å². The zero-order valence-corrected chi connectivity index (χ0v) is 11.1. The third kappa shape index (κ3) is 3.76. The van der Waals surface area contributed by atoms with E-state index in [0.717, 1.165) is 18.2 Å². The summed E-state index contributed by atoms with van der Waals surface area (Å²) in [5, 5.41) is 13.7. The number of thioether (sulfide) groups is 1. The van der Waals surface area contributed by atoms with Crippen molar-refractivity contribution in [1.82, 2.24) is 0 Å². The highest BCUT2D eigenvalue weighted by molar-refractivity contribution is 7.98. The van der Waals surface area contributed by atoms with E-state index in [2.05, 4.69) is 5.32 Å². The van der Waals surface area contributed by atoms with Crippen molar-refractivity contribution in [3.05, 3.63) is 28.1 Å². The topological polar surface area (TPSA) is 64.4 Å². The highest BCUT2D eigenvalue weighted by atomic mass is 32.2. The standard InChI is InChI=1S/C11H15FN2O3S/c1-17-8-6-9(12)11(14(15)16)10(7-8)13-4-3-5-18-2/h6-7,13H,3-5H2,1-2H3. The minimum Gasteiger partial charge on any atom is -0.497 e. The number of nitro benzene ring substituents is 1. The molecule has 0 radical (unpaired) electrons. The summed E-state index contributed by atoms with van der Waals surface area (Å²) in [7, 11) is 1.39. The third-order valence-corrected chi connectivity index (χ3v) is 2.99. The van der Waals surface area contributed by atoms with Crippen molar-refractivity contribution in [2.24, 2.45) is 0 Å². The number of nitrogens with zero attached hydrogens (tertiary/aromatic N) is 1. The largest absolute Gasteiger partial charge is 0.497 e. The predicted molar refractivity (Wildman–Crippen MR) is 71.1 cm³/mol. The molecule has 0 heterocycles. The van der Waals surface area contributed by atoms with Crippen LogP contribution < -0.4 is 10.1 Å². The fraction of sp³-hybridized carbons (Fsp3) is 0.455. The van der Waals surface area contributed by atoms with E-state index in [1.807, 2.05) is 6.26 Å². The number of nitrogens with one attached hydrogen (secondary N) is 1. The zero-order chi connectivity index (χ0) is 13.5. The minimum atomic E-state index is -0.897. The SMILES string of the molecule is COc1cc(F)c([N+](=O)[O-])c(NCCCSC)c1. The molecule has 0 aliphatic rings. The lowest BCUT2D eigenvalue weighted by Gasteiger charge is -2.09. The number of hydrogen-bond acceptors (Lipinski definition) is 5. The van der Waals surface area contributed by atoms with E-state index >= 15 is 0 Å². The van der Waals surface area contributed by atoms with E-state index in [-0.39, 0.29) is 11.4 Å². The Kier molecular flexibility index (Phi) is 5.70. The molecule has 0 aliphatic carbocycles. The van der Waals surface area contributed by atoms with Crippen molar-refractivity contribution in [1.29, 1.82) is 0 Å². The summed E-state index contributed by atoms with van der Waals surface area (Å²) in [6.45, 7) is 0.550. The van der Waals surface area contributed by atoms with Gasteiger partial charge in [-0.2, -0.15) is 16.2 Å². The summed E-state index contributed by atoms with van der Waals surface area (Å²) in [6.07, 6.45) is 2.82. The molecule has 18 heavy (non-hydrogen) atoms. The molecule has 0 saturated heterocycles. The van der Waals surface area contributed by atoms with E-state index in [1.165, 1.54) is 13.2 Å². The van der Waals surface area contributed by atoms with Gasteiger partial charge in [-0.3, -0.25) is 10.1 Å². The van der Waals surface area contributed by atoms with E-state index in [4.69, 9.17) is 4.74 Å². The van der Waals surface area contributed by atoms with Crippen LogP contribution in [0.2, 0.25) is 0 Å². The molecule has 0 fully saturated rings. The maximum atomic E-state index is 13.6. The number of ether oxygens (including phenoxy) is 1. The summed E-state index contributed by atoms with van der Waals surface area (Å²) in [5.41, 5.74) is -0.391. The first-order valence-electron chi connectivity index (χ1n) is 5.35. The highest BCUT2D eigenvalue weighted by Gasteiger charge is 2.21. The van der Waals surface area contributed by atoms with Crippen molar-refractivity contribution in [3.8, 4) is 5.75 Å². The van der Waals surface area contributed by atoms with Gasteiger partial charge < -0.3 is 10.1 Å². The maximum Gasteiger partial charge on any atom is 0.327 e. The van der Waals surface area contributed by atoms with E-state index in [0.29, 0.717) is 6.54 Å². The fourth-order valence-corrected chi connectivity index (χ4v) is 1.88. The highest BCUT2D eigenvalue weighted by Crippen LogP contribution is 2.32. The Morgan fingerprint density at radius 2 is 2.28 bits per heavy atom. The lowest BCUT2D eigenvalue weighted by Crippen LogP contribution is -2.07. The number of rotatable bonds is 7. The van der Waals surface area contributed by atoms with Crippen molar-refractivity contribution in [2.45, 2.75) is 6.42 Å². The number of methoxy groups -OCH3 is 1. The number of anilines is 1. The Morgan fingerprint density at radius 3 is 2.83 bits per heavy atom. The molecule has 0 spiro atoms. The lowest BCUT2D eigenvalue weighted by molar-refractivity contribution is -0.386. The molecule has 0 atom stereocenters. The Bertz CT molecular complexity index is 429. The smallest absolute Gasteiger partial charge is 0.327 e. The van der Waals surface area contributed by atoms with Gasteiger partial charge in [-0.25, -0.2) is 0 Å². The average molecular weight is 274 g/mol. The second-order valence-corrected chi connectivity index (χ2v) is 4.52. The van der Waals surface area contributed by atoms with Crippen LogP contribution in [0.15, 0.2) is 12.1 Å². The number of hydrogen-bond donors (Lipinski definition) is 1. The van der Waals surface area contributed by atoms with Gasteiger partial charge >= 0.3 is 5.69 Å². The van der Waals surface area contributed by atoms with E-state index in [1.54, 1.807) is 11.8 Å². The van der Waals surface area contributed by atoms with Crippen LogP contribution in [0.5, 0.6) is 5.75 Å².